The molecule has 1 fully saturated rings. The predicted molar refractivity (Wildman–Crippen MR) is 114 cm³/mol. The molecule has 0 bridgehead atoms. The average Bonchev–Trinajstić information content (AvgIpc) is 3.06. The van der Waals surface area contributed by atoms with Crippen LogP contribution in [0.5, 0.6) is 0 Å². The number of morpholine rings is 1. The van der Waals surface area contributed by atoms with E-state index in [0.29, 0.717) is 18.8 Å². The zero-order valence-electron chi connectivity index (χ0n) is 15.5. The van der Waals surface area contributed by atoms with Crippen molar-refractivity contribution >= 4 is 45.6 Å². The molecule has 1 aliphatic heterocycles. The molecule has 28 heavy (non-hydrogen) atoms. The molecule has 0 atom stereocenters. The van der Waals surface area contributed by atoms with Gasteiger partial charge in [0, 0.05) is 24.0 Å². The lowest BCUT2D eigenvalue weighted by Gasteiger charge is -2.30. The topological polar surface area (TPSA) is 66.7 Å². The van der Waals surface area contributed by atoms with Gasteiger partial charge in [0.15, 0.2) is 10.9 Å². The molecule has 7 heteroatoms. The SMILES string of the molecule is Cc1c(C(=O)NC(=S)Nc2ccccc2N2CCOCC2)oc2ccccc12. The number of nitrogens with one attached hydrogen (secondary N) is 2. The summed E-state index contributed by atoms with van der Waals surface area (Å²) >= 11 is 5.37. The fraction of sp³-hybridized carbons (Fsp3) is 0.238. The maximum Gasteiger partial charge on any atom is 0.293 e. The molecule has 0 saturated carbocycles. The molecule has 6 nitrogen and oxygen atoms in total. The number of ether oxygens (including phenoxy) is 1. The third-order valence-electron chi connectivity index (χ3n) is 4.78. The van der Waals surface area contributed by atoms with Crippen LogP contribution >= 0.6 is 12.2 Å². The molecule has 4 rings (SSSR count). The number of para-hydroxylation sites is 3. The van der Waals surface area contributed by atoms with E-state index >= 15 is 0 Å². The normalized spacial score (nSPS) is 14.1. The molecule has 3 aromatic rings. The third-order valence-corrected chi connectivity index (χ3v) is 4.99. The van der Waals surface area contributed by atoms with Crippen molar-refractivity contribution in [3.05, 3.63) is 59.9 Å². The van der Waals surface area contributed by atoms with Gasteiger partial charge in [-0.3, -0.25) is 10.1 Å². The largest absolute Gasteiger partial charge is 0.451 e. The van der Waals surface area contributed by atoms with Crippen molar-refractivity contribution in [1.29, 1.82) is 0 Å². The molecular formula is C21H21N3O3S. The van der Waals surface area contributed by atoms with Crippen LogP contribution in [0.15, 0.2) is 52.9 Å². The minimum atomic E-state index is -0.366. The minimum Gasteiger partial charge on any atom is -0.451 e. The highest BCUT2D eigenvalue weighted by Crippen LogP contribution is 2.27. The Morgan fingerprint density at radius 2 is 1.79 bits per heavy atom. The number of carbonyl (C=O) groups is 1. The summed E-state index contributed by atoms with van der Waals surface area (Å²) in [7, 11) is 0. The van der Waals surface area contributed by atoms with E-state index in [1.807, 2.05) is 55.5 Å². The summed E-state index contributed by atoms with van der Waals surface area (Å²) < 4.78 is 11.1. The summed E-state index contributed by atoms with van der Waals surface area (Å²) in [5.41, 5.74) is 3.35. The fourth-order valence-electron chi connectivity index (χ4n) is 3.36. The predicted octanol–water partition coefficient (Wildman–Crippen LogP) is 3.70. The number of furan rings is 1. The quantitative estimate of drug-likeness (QED) is 0.659. The molecule has 2 heterocycles. The maximum atomic E-state index is 12.7. The number of hydrogen-bond acceptors (Lipinski definition) is 5. The number of thiocarbonyl (C=S) groups is 1. The van der Waals surface area contributed by atoms with Crippen molar-refractivity contribution in [2.45, 2.75) is 6.92 Å². The van der Waals surface area contributed by atoms with Gasteiger partial charge in [-0.15, -0.1) is 0 Å². The van der Waals surface area contributed by atoms with E-state index in [1.165, 1.54) is 0 Å². The lowest BCUT2D eigenvalue weighted by Crippen LogP contribution is -2.38. The molecule has 2 aromatic carbocycles. The Morgan fingerprint density at radius 1 is 1.07 bits per heavy atom. The van der Waals surface area contributed by atoms with Gasteiger partial charge < -0.3 is 19.4 Å². The second-order valence-corrected chi connectivity index (χ2v) is 6.99. The molecule has 0 radical (unpaired) electrons. The van der Waals surface area contributed by atoms with Crippen molar-refractivity contribution < 1.29 is 13.9 Å². The Hall–Kier alpha value is -2.90. The summed E-state index contributed by atoms with van der Waals surface area (Å²) in [5.74, 6) is -0.0955. The van der Waals surface area contributed by atoms with Crippen molar-refractivity contribution in [1.82, 2.24) is 5.32 Å². The Balaban J connectivity index is 1.48. The summed E-state index contributed by atoms with van der Waals surface area (Å²) in [5, 5.41) is 7.01. The van der Waals surface area contributed by atoms with E-state index in [9.17, 15) is 4.79 Å². The van der Waals surface area contributed by atoms with Crippen LogP contribution in [0.3, 0.4) is 0 Å². The number of fused-ring (bicyclic) bond motifs is 1. The van der Waals surface area contributed by atoms with E-state index in [1.54, 1.807) is 0 Å². The Kier molecular flexibility index (Phi) is 5.27. The number of anilines is 2. The van der Waals surface area contributed by atoms with Gasteiger partial charge in [-0.2, -0.15) is 0 Å². The first kappa shape index (κ1) is 18.5. The molecule has 144 valence electrons. The second kappa shape index (κ2) is 8.00. The van der Waals surface area contributed by atoms with Gasteiger partial charge >= 0.3 is 0 Å². The van der Waals surface area contributed by atoms with Gasteiger partial charge in [-0.1, -0.05) is 30.3 Å². The monoisotopic (exact) mass is 395 g/mol. The van der Waals surface area contributed by atoms with Crippen LogP contribution in [-0.2, 0) is 4.74 Å². The first-order valence-electron chi connectivity index (χ1n) is 9.15. The second-order valence-electron chi connectivity index (χ2n) is 6.58. The van der Waals surface area contributed by atoms with Crippen molar-refractivity contribution in [2.24, 2.45) is 0 Å². The molecule has 1 aromatic heterocycles. The average molecular weight is 395 g/mol. The van der Waals surface area contributed by atoms with Gasteiger partial charge in [-0.25, -0.2) is 0 Å². The Bertz CT molecular complexity index is 1020. The summed E-state index contributed by atoms with van der Waals surface area (Å²) in [6.07, 6.45) is 0. The summed E-state index contributed by atoms with van der Waals surface area (Å²) in [6, 6.07) is 15.4. The first-order valence-corrected chi connectivity index (χ1v) is 9.56. The highest BCUT2D eigenvalue weighted by molar-refractivity contribution is 7.80. The van der Waals surface area contributed by atoms with E-state index < -0.39 is 0 Å². The van der Waals surface area contributed by atoms with Gasteiger partial charge in [0.05, 0.1) is 24.6 Å². The van der Waals surface area contributed by atoms with Gasteiger partial charge in [0.1, 0.15) is 5.58 Å². The third kappa shape index (κ3) is 3.72. The van der Waals surface area contributed by atoms with Crippen LogP contribution in [0.25, 0.3) is 11.0 Å². The van der Waals surface area contributed by atoms with Crippen LogP contribution < -0.4 is 15.5 Å². The smallest absolute Gasteiger partial charge is 0.293 e. The lowest BCUT2D eigenvalue weighted by atomic mass is 10.1. The standard InChI is InChI=1S/C21H21N3O3S/c1-14-15-6-2-5-9-18(15)27-19(14)20(25)23-21(28)22-16-7-3-4-8-17(16)24-10-12-26-13-11-24/h2-9H,10-13H2,1H3,(H2,22,23,25,28). The van der Waals surface area contributed by atoms with E-state index in [2.05, 4.69) is 15.5 Å². The van der Waals surface area contributed by atoms with Crippen molar-refractivity contribution in [3.63, 3.8) is 0 Å². The van der Waals surface area contributed by atoms with Gasteiger partial charge in [0.25, 0.3) is 5.91 Å². The lowest BCUT2D eigenvalue weighted by molar-refractivity contribution is 0.0952. The molecule has 1 amide bonds. The van der Waals surface area contributed by atoms with Crippen LogP contribution in [0.1, 0.15) is 16.1 Å². The molecule has 1 aliphatic rings. The van der Waals surface area contributed by atoms with Crippen LogP contribution in [0, 0.1) is 6.92 Å². The molecule has 1 saturated heterocycles. The van der Waals surface area contributed by atoms with Crippen LogP contribution in [-0.4, -0.2) is 37.3 Å². The maximum absolute atomic E-state index is 12.7. The molecule has 0 spiro atoms. The number of amides is 1. The number of rotatable bonds is 3. The van der Waals surface area contributed by atoms with E-state index in [4.69, 9.17) is 21.4 Å². The van der Waals surface area contributed by atoms with Crippen LogP contribution in [0.2, 0.25) is 0 Å². The number of benzene rings is 2. The molecule has 2 N–H and O–H groups in total. The number of hydrogen-bond donors (Lipinski definition) is 2. The number of carbonyl (C=O) groups excluding carboxylic acids is 1. The van der Waals surface area contributed by atoms with Gasteiger partial charge in [0.2, 0.25) is 0 Å². The number of nitrogens with zero attached hydrogens (tertiary/aromatic N) is 1. The number of aryl methyl sites for hydroxylation is 1. The Morgan fingerprint density at radius 3 is 2.57 bits per heavy atom. The highest BCUT2D eigenvalue weighted by atomic mass is 32.1. The summed E-state index contributed by atoms with van der Waals surface area (Å²) in [4.78, 5) is 14.9. The molecular weight excluding hydrogens is 374 g/mol. The highest BCUT2D eigenvalue weighted by Gasteiger charge is 2.19. The van der Waals surface area contributed by atoms with Crippen molar-refractivity contribution in [2.75, 3.05) is 36.5 Å². The van der Waals surface area contributed by atoms with Crippen molar-refractivity contribution in [3.8, 4) is 0 Å². The Labute approximate surface area is 168 Å². The summed E-state index contributed by atoms with van der Waals surface area (Å²) in [6.45, 7) is 4.89. The minimum absolute atomic E-state index is 0.227. The fourth-order valence-corrected chi connectivity index (χ4v) is 3.57. The van der Waals surface area contributed by atoms with E-state index in [-0.39, 0.29) is 16.8 Å². The molecule has 0 aliphatic carbocycles. The first-order chi connectivity index (χ1) is 13.6. The van der Waals surface area contributed by atoms with Gasteiger partial charge in [-0.05, 0) is 37.3 Å². The zero-order valence-corrected chi connectivity index (χ0v) is 16.3. The zero-order chi connectivity index (χ0) is 19.5. The van der Waals surface area contributed by atoms with E-state index in [0.717, 1.165) is 35.4 Å². The molecule has 0 unspecified atom stereocenters. The van der Waals surface area contributed by atoms with Crippen LogP contribution in [0.4, 0.5) is 11.4 Å².